The Morgan fingerprint density at radius 3 is 2.29 bits per heavy atom. The number of carbonyl (C=O) groups excluding carboxylic acids is 1. The molecule has 1 aliphatic carbocycles. The van der Waals surface area contributed by atoms with Crippen molar-refractivity contribution in [1.29, 1.82) is 0 Å². The van der Waals surface area contributed by atoms with Gasteiger partial charge in [-0.3, -0.25) is 9.69 Å². The van der Waals surface area contributed by atoms with E-state index in [2.05, 4.69) is 9.80 Å². The van der Waals surface area contributed by atoms with E-state index in [1.165, 1.54) is 19.3 Å². The molecule has 0 unspecified atom stereocenters. The van der Waals surface area contributed by atoms with Gasteiger partial charge in [-0.1, -0.05) is 19.3 Å². The molecule has 0 aromatic rings. The molecule has 1 amide bonds. The maximum absolute atomic E-state index is 12.3. The van der Waals surface area contributed by atoms with Crippen molar-refractivity contribution in [2.24, 2.45) is 11.7 Å². The summed E-state index contributed by atoms with van der Waals surface area (Å²) in [6.45, 7) is 5.47. The van der Waals surface area contributed by atoms with Crippen LogP contribution in [0, 0.1) is 5.92 Å². The zero-order valence-electron chi connectivity index (χ0n) is 10.7. The topological polar surface area (TPSA) is 49.6 Å². The van der Waals surface area contributed by atoms with E-state index in [1.54, 1.807) is 0 Å². The smallest absolute Gasteiger partial charge is 0.225 e. The van der Waals surface area contributed by atoms with Crippen molar-refractivity contribution in [3.63, 3.8) is 0 Å². The molecule has 4 heteroatoms. The summed E-state index contributed by atoms with van der Waals surface area (Å²) >= 11 is 0. The van der Waals surface area contributed by atoms with Crippen LogP contribution in [0.3, 0.4) is 0 Å². The normalized spacial score (nSPS) is 23.9. The van der Waals surface area contributed by atoms with Crippen LogP contribution in [-0.4, -0.2) is 55.0 Å². The lowest BCUT2D eigenvalue weighted by molar-refractivity contribution is -0.138. The monoisotopic (exact) mass is 239 g/mol. The molecule has 0 atom stereocenters. The van der Waals surface area contributed by atoms with Crippen molar-refractivity contribution < 1.29 is 4.79 Å². The first kappa shape index (κ1) is 12.8. The predicted molar refractivity (Wildman–Crippen MR) is 68.6 cm³/mol. The SMILES string of the molecule is NCCN1CCN(C(=O)C2CCCCC2)CC1. The fourth-order valence-electron chi connectivity index (χ4n) is 2.98. The van der Waals surface area contributed by atoms with Gasteiger partial charge in [-0.2, -0.15) is 0 Å². The molecule has 17 heavy (non-hydrogen) atoms. The molecular formula is C13H25N3O. The number of nitrogens with zero attached hydrogens (tertiary/aromatic N) is 2. The van der Waals surface area contributed by atoms with Gasteiger partial charge < -0.3 is 10.6 Å². The van der Waals surface area contributed by atoms with Crippen LogP contribution < -0.4 is 5.73 Å². The first-order chi connectivity index (χ1) is 8.31. The van der Waals surface area contributed by atoms with Crippen molar-refractivity contribution in [2.75, 3.05) is 39.3 Å². The van der Waals surface area contributed by atoms with E-state index < -0.39 is 0 Å². The molecule has 2 aliphatic rings. The zero-order chi connectivity index (χ0) is 12.1. The Labute approximate surface area is 104 Å². The molecule has 1 saturated carbocycles. The number of rotatable bonds is 3. The summed E-state index contributed by atoms with van der Waals surface area (Å²) in [6.07, 6.45) is 6.02. The van der Waals surface area contributed by atoms with Crippen LogP contribution in [-0.2, 0) is 4.79 Å². The first-order valence-corrected chi connectivity index (χ1v) is 7.02. The minimum atomic E-state index is 0.324. The van der Waals surface area contributed by atoms with Gasteiger partial charge in [-0.25, -0.2) is 0 Å². The average Bonchev–Trinajstić information content (AvgIpc) is 2.40. The fraction of sp³-hybridized carbons (Fsp3) is 0.923. The Bertz CT molecular complexity index is 243. The summed E-state index contributed by atoms with van der Waals surface area (Å²) in [7, 11) is 0. The highest BCUT2D eigenvalue weighted by Gasteiger charge is 2.27. The molecule has 2 fully saturated rings. The fourth-order valence-corrected chi connectivity index (χ4v) is 2.98. The number of hydrogen-bond acceptors (Lipinski definition) is 3. The Morgan fingerprint density at radius 2 is 1.71 bits per heavy atom. The molecule has 1 saturated heterocycles. The van der Waals surface area contributed by atoms with Gasteiger partial charge in [0.25, 0.3) is 0 Å². The Hall–Kier alpha value is -0.610. The second-order valence-electron chi connectivity index (χ2n) is 5.29. The maximum atomic E-state index is 12.3. The van der Waals surface area contributed by atoms with Crippen molar-refractivity contribution in [1.82, 2.24) is 9.80 Å². The number of amides is 1. The van der Waals surface area contributed by atoms with Gasteiger partial charge in [0, 0.05) is 45.2 Å². The molecule has 1 heterocycles. The standard InChI is InChI=1S/C13H25N3O/c14-6-7-15-8-10-16(11-9-15)13(17)12-4-2-1-3-5-12/h12H,1-11,14H2. The van der Waals surface area contributed by atoms with E-state index >= 15 is 0 Å². The van der Waals surface area contributed by atoms with Crippen molar-refractivity contribution >= 4 is 5.91 Å². The molecule has 0 spiro atoms. The van der Waals surface area contributed by atoms with Crippen molar-refractivity contribution in [2.45, 2.75) is 32.1 Å². The van der Waals surface area contributed by atoms with Crippen LogP contribution in [0.15, 0.2) is 0 Å². The van der Waals surface area contributed by atoms with Gasteiger partial charge in [0.15, 0.2) is 0 Å². The molecular weight excluding hydrogens is 214 g/mol. The molecule has 0 aromatic carbocycles. The Balaban J connectivity index is 1.77. The summed E-state index contributed by atoms with van der Waals surface area (Å²) in [5, 5.41) is 0. The molecule has 1 aliphatic heterocycles. The van der Waals surface area contributed by atoms with Gasteiger partial charge in [0.05, 0.1) is 0 Å². The number of hydrogen-bond donors (Lipinski definition) is 1. The largest absolute Gasteiger partial charge is 0.340 e. The first-order valence-electron chi connectivity index (χ1n) is 7.02. The highest BCUT2D eigenvalue weighted by molar-refractivity contribution is 5.79. The predicted octanol–water partition coefficient (Wildman–Crippen LogP) is 0.670. The lowest BCUT2D eigenvalue weighted by Crippen LogP contribution is -2.51. The molecule has 4 nitrogen and oxygen atoms in total. The van der Waals surface area contributed by atoms with Gasteiger partial charge in [0.2, 0.25) is 5.91 Å². The molecule has 2 rings (SSSR count). The van der Waals surface area contributed by atoms with E-state index in [0.717, 1.165) is 52.1 Å². The third kappa shape index (κ3) is 3.42. The van der Waals surface area contributed by atoms with Crippen LogP contribution in [0.5, 0.6) is 0 Å². The molecule has 2 N–H and O–H groups in total. The number of carbonyl (C=O) groups is 1. The van der Waals surface area contributed by atoms with E-state index in [0.29, 0.717) is 11.8 Å². The lowest BCUT2D eigenvalue weighted by Gasteiger charge is -2.37. The van der Waals surface area contributed by atoms with Crippen LogP contribution in [0.2, 0.25) is 0 Å². The minimum Gasteiger partial charge on any atom is -0.340 e. The van der Waals surface area contributed by atoms with E-state index in [9.17, 15) is 4.79 Å². The van der Waals surface area contributed by atoms with Crippen LogP contribution in [0.25, 0.3) is 0 Å². The Kier molecular flexibility index (Phi) is 4.80. The van der Waals surface area contributed by atoms with Gasteiger partial charge in [-0.05, 0) is 12.8 Å². The summed E-state index contributed by atoms with van der Waals surface area (Å²) in [5.41, 5.74) is 5.55. The third-order valence-corrected chi connectivity index (χ3v) is 4.08. The quantitative estimate of drug-likeness (QED) is 0.787. The van der Waals surface area contributed by atoms with Gasteiger partial charge >= 0.3 is 0 Å². The average molecular weight is 239 g/mol. The van der Waals surface area contributed by atoms with Gasteiger partial charge in [0.1, 0.15) is 0 Å². The molecule has 0 aromatic heterocycles. The summed E-state index contributed by atoms with van der Waals surface area (Å²) in [4.78, 5) is 16.7. The number of nitrogens with two attached hydrogens (primary N) is 1. The molecule has 0 radical (unpaired) electrons. The highest BCUT2D eigenvalue weighted by atomic mass is 16.2. The van der Waals surface area contributed by atoms with E-state index in [4.69, 9.17) is 5.73 Å². The zero-order valence-corrected chi connectivity index (χ0v) is 10.7. The van der Waals surface area contributed by atoms with E-state index in [-0.39, 0.29) is 0 Å². The molecule has 98 valence electrons. The number of piperazine rings is 1. The second kappa shape index (κ2) is 6.36. The van der Waals surface area contributed by atoms with Crippen LogP contribution >= 0.6 is 0 Å². The summed E-state index contributed by atoms with van der Waals surface area (Å²) in [6, 6.07) is 0. The van der Waals surface area contributed by atoms with Crippen LogP contribution in [0.1, 0.15) is 32.1 Å². The minimum absolute atomic E-state index is 0.324. The Morgan fingerprint density at radius 1 is 1.06 bits per heavy atom. The third-order valence-electron chi connectivity index (χ3n) is 4.08. The molecule has 0 bridgehead atoms. The second-order valence-corrected chi connectivity index (χ2v) is 5.29. The van der Waals surface area contributed by atoms with Crippen molar-refractivity contribution in [3.05, 3.63) is 0 Å². The van der Waals surface area contributed by atoms with Gasteiger partial charge in [-0.15, -0.1) is 0 Å². The van der Waals surface area contributed by atoms with E-state index in [1.807, 2.05) is 0 Å². The van der Waals surface area contributed by atoms with Crippen molar-refractivity contribution in [3.8, 4) is 0 Å². The van der Waals surface area contributed by atoms with Crippen LogP contribution in [0.4, 0.5) is 0 Å². The summed E-state index contributed by atoms with van der Waals surface area (Å²) < 4.78 is 0. The summed E-state index contributed by atoms with van der Waals surface area (Å²) in [5.74, 6) is 0.738. The maximum Gasteiger partial charge on any atom is 0.225 e. The lowest BCUT2D eigenvalue weighted by atomic mass is 9.88. The highest BCUT2D eigenvalue weighted by Crippen LogP contribution is 2.25.